The Morgan fingerprint density at radius 1 is 0.923 bits per heavy atom. The van der Waals surface area contributed by atoms with Gasteiger partial charge in [0.05, 0.1) is 0 Å². The third kappa shape index (κ3) is 2.72. The lowest BCUT2D eigenvalue weighted by atomic mass is 9.68. The molecule has 1 rings (SSSR count). The first-order valence-corrected chi connectivity index (χ1v) is 6.05. The molecule has 1 aliphatic carbocycles. The Hall–Kier alpha value is 0. The lowest BCUT2D eigenvalue weighted by Gasteiger charge is -2.37. The Kier molecular flexibility index (Phi) is 3.82. The van der Waals surface area contributed by atoms with E-state index in [2.05, 4.69) is 27.7 Å². The standard InChI is InChI=1S/C13H26/c1-11(2)13(3,4)12-9-7-5-6-8-10-12/h11-12H,5-10H2,1-4H3. The van der Waals surface area contributed by atoms with E-state index in [1.165, 1.54) is 38.5 Å². The molecule has 13 heavy (non-hydrogen) atoms. The van der Waals surface area contributed by atoms with Crippen LogP contribution in [0.15, 0.2) is 0 Å². The molecule has 0 bridgehead atoms. The van der Waals surface area contributed by atoms with Gasteiger partial charge >= 0.3 is 0 Å². The monoisotopic (exact) mass is 182 g/mol. The smallest absolute Gasteiger partial charge is 0.0303 e. The van der Waals surface area contributed by atoms with Crippen LogP contribution in [-0.2, 0) is 0 Å². The first-order chi connectivity index (χ1) is 6.05. The van der Waals surface area contributed by atoms with E-state index in [0.29, 0.717) is 5.41 Å². The SMILES string of the molecule is CC(C)C(C)(C)C1CCCCCC1. The third-order valence-electron chi connectivity index (χ3n) is 4.40. The normalized spacial score (nSPS) is 21.9. The van der Waals surface area contributed by atoms with Crippen LogP contribution in [0.2, 0.25) is 0 Å². The van der Waals surface area contributed by atoms with Gasteiger partial charge in [0.2, 0.25) is 0 Å². The van der Waals surface area contributed by atoms with Gasteiger partial charge < -0.3 is 0 Å². The second-order valence-corrected chi connectivity index (χ2v) is 5.66. The van der Waals surface area contributed by atoms with Crippen molar-refractivity contribution >= 4 is 0 Å². The zero-order valence-corrected chi connectivity index (χ0v) is 9.90. The molecule has 0 radical (unpaired) electrons. The zero-order valence-electron chi connectivity index (χ0n) is 9.90. The molecule has 0 aromatic heterocycles. The van der Waals surface area contributed by atoms with Crippen LogP contribution in [0.1, 0.15) is 66.2 Å². The highest BCUT2D eigenvalue weighted by molar-refractivity contribution is 4.82. The van der Waals surface area contributed by atoms with Crippen LogP contribution in [0.25, 0.3) is 0 Å². The van der Waals surface area contributed by atoms with Crippen molar-refractivity contribution in [3.05, 3.63) is 0 Å². The van der Waals surface area contributed by atoms with E-state index in [9.17, 15) is 0 Å². The van der Waals surface area contributed by atoms with E-state index in [1.807, 2.05) is 0 Å². The fraction of sp³-hybridized carbons (Fsp3) is 1.00. The van der Waals surface area contributed by atoms with Crippen molar-refractivity contribution in [2.75, 3.05) is 0 Å². The third-order valence-corrected chi connectivity index (χ3v) is 4.40. The Bertz CT molecular complexity index is 136. The van der Waals surface area contributed by atoms with Crippen molar-refractivity contribution < 1.29 is 0 Å². The second-order valence-electron chi connectivity index (χ2n) is 5.66. The van der Waals surface area contributed by atoms with Crippen LogP contribution in [0.4, 0.5) is 0 Å². The first kappa shape index (κ1) is 11.1. The molecule has 0 aromatic carbocycles. The highest BCUT2D eigenvalue weighted by atomic mass is 14.4. The minimum Gasteiger partial charge on any atom is -0.0623 e. The van der Waals surface area contributed by atoms with Crippen molar-refractivity contribution in [3.63, 3.8) is 0 Å². The summed E-state index contributed by atoms with van der Waals surface area (Å²) in [5, 5.41) is 0. The van der Waals surface area contributed by atoms with Gasteiger partial charge in [0.15, 0.2) is 0 Å². The molecule has 1 saturated carbocycles. The van der Waals surface area contributed by atoms with Gasteiger partial charge in [-0.05, 0) is 30.1 Å². The first-order valence-electron chi connectivity index (χ1n) is 6.05. The van der Waals surface area contributed by atoms with E-state index in [4.69, 9.17) is 0 Å². The van der Waals surface area contributed by atoms with E-state index < -0.39 is 0 Å². The number of rotatable bonds is 2. The second kappa shape index (κ2) is 4.48. The van der Waals surface area contributed by atoms with Gasteiger partial charge in [-0.3, -0.25) is 0 Å². The summed E-state index contributed by atoms with van der Waals surface area (Å²) >= 11 is 0. The largest absolute Gasteiger partial charge is 0.0623 e. The summed E-state index contributed by atoms with van der Waals surface area (Å²) in [6.07, 6.45) is 8.85. The summed E-state index contributed by atoms with van der Waals surface area (Å²) in [6, 6.07) is 0. The molecule has 0 nitrogen and oxygen atoms in total. The van der Waals surface area contributed by atoms with Gasteiger partial charge in [0, 0.05) is 0 Å². The molecule has 1 fully saturated rings. The zero-order chi connectivity index (χ0) is 9.90. The Labute approximate surface area is 84.1 Å². The van der Waals surface area contributed by atoms with Gasteiger partial charge in [-0.15, -0.1) is 0 Å². The molecule has 0 heterocycles. The summed E-state index contributed by atoms with van der Waals surface area (Å²) in [4.78, 5) is 0. The average molecular weight is 182 g/mol. The van der Waals surface area contributed by atoms with Crippen molar-refractivity contribution in [3.8, 4) is 0 Å². The molecule has 1 aliphatic rings. The maximum atomic E-state index is 2.47. The van der Waals surface area contributed by atoms with E-state index in [0.717, 1.165) is 11.8 Å². The van der Waals surface area contributed by atoms with Crippen LogP contribution >= 0.6 is 0 Å². The Balaban J connectivity index is 2.57. The van der Waals surface area contributed by atoms with Crippen LogP contribution in [0, 0.1) is 17.3 Å². The highest BCUT2D eigenvalue weighted by Crippen LogP contribution is 2.42. The van der Waals surface area contributed by atoms with Crippen LogP contribution < -0.4 is 0 Å². The van der Waals surface area contributed by atoms with E-state index >= 15 is 0 Å². The molecule has 0 spiro atoms. The fourth-order valence-corrected chi connectivity index (χ4v) is 2.49. The number of hydrogen-bond donors (Lipinski definition) is 0. The van der Waals surface area contributed by atoms with Crippen molar-refractivity contribution in [1.29, 1.82) is 0 Å². The summed E-state index contributed by atoms with van der Waals surface area (Å²) in [5.41, 5.74) is 0.560. The predicted octanol–water partition coefficient (Wildman–Crippen LogP) is 4.64. The topological polar surface area (TPSA) is 0 Å². The molecule has 0 aromatic rings. The van der Waals surface area contributed by atoms with Gasteiger partial charge in [-0.25, -0.2) is 0 Å². The van der Waals surface area contributed by atoms with Gasteiger partial charge in [-0.2, -0.15) is 0 Å². The van der Waals surface area contributed by atoms with Crippen LogP contribution in [0.3, 0.4) is 0 Å². The van der Waals surface area contributed by atoms with Crippen LogP contribution in [-0.4, -0.2) is 0 Å². The Morgan fingerprint density at radius 3 is 1.77 bits per heavy atom. The van der Waals surface area contributed by atoms with Crippen molar-refractivity contribution in [2.45, 2.75) is 66.2 Å². The number of hydrogen-bond acceptors (Lipinski definition) is 0. The molecule has 0 atom stereocenters. The molecule has 78 valence electrons. The minimum atomic E-state index is 0.560. The van der Waals surface area contributed by atoms with Crippen LogP contribution in [0.5, 0.6) is 0 Å². The van der Waals surface area contributed by atoms with Gasteiger partial charge in [-0.1, -0.05) is 53.4 Å². The quantitative estimate of drug-likeness (QED) is 0.546. The maximum Gasteiger partial charge on any atom is -0.0303 e. The summed E-state index contributed by atoms with van der Waals surface area (Å²) < 4.78 is 0. The molecule has 0 amide bonds. The molecule has 0 N–H and O–H groups in total. The van der Waals surface area contributed by atoms with Gasteiger partial charge in [0.1, 0.15) is 0 Å². The average Bonchev–Trinajstić information content (AvgIpc) is 2.31. The van der Waals surface area contributed by atoms with Crippen molar-refractivity contribution in [1.82, 2.24) is 0 Å². The van der Waals surface area contributed by atoms with Crippen molar-refractivity contribution in [2.24, 2.45) is 17.3 Å². The van der Waals surface area contributed by atoms with E-state index in [1.54, 1.807) is 0 Å². The highest BCUT2D eigenvalue weighted by Gasteiger charge is 2.32. The molecular weight excluding hydrogens is 156 g/mol. The van der Waals surface area contributed by atoms with Gasteiger partial charge in [0.25, 0.3) is 0 Å². The molecule has 0 saturated heterocycles. The molecule has 0 unspecified atom stereocenters. The van der Waals surface area contributed by atoms with E-state index in [-0.39, 0.29) is 0 Å². The lowest BCUT2D eigenvalue weighted by molar-refractivity contribution is 0.122. The molecule has 0 heteroatoms. The molecular formula is C13H26. The summed E-state index contributed by atoms with van der Waals surface area (Å²) in [5.74, 6) is 1.81. The summed E-state index contributed by atoms with van der Waals surface area (Å²) in [6.45, 7) is 9.69. The maximum absolute atomic E-state index is 2.47. The minimum absolute atomic E-state index is 0.560. The molecule has 0 aliphatic heterocycles. The lowest BCUT2D eigenvalue weighted by Crippen LogP contribution is -2.29. The fourth-order valence-electron chi connectivity index (χ4n) is 2.49. The summed E-state index contributed by atoms with van der Waals surface area (Å²) in [7, 11) is 0. The predicted molar refractivity (Wildman–Crippen MR) is 59.8 cm³/mol. The Morgan fingerprint density at radius 2 is 1.38 bits per heavy atom.